The first-order chi connectivity index (χ1) is 4.91. The molecule has 1 fully saturated rings. The van der Waals surface area contributed by atoms with E-state index >= 15 is 0 Å². The molecule has 66 valence electrons. The molecule has 1 aliphatic heterocycles. The fraction of sp³-hybridized carbons (Fsp3) is 1.00. The molecule has 0 spiro atoms. The lowest BCUT2D eigenvalue weighted by atomic mass is 10.1. The minimum atomic E-state index is -0.616. The molecule has 11 heavy (non-hydrogen) atoms. The van der Waals surface area contributed by atoms with E-state index in [9.17, 15) is 4.39 Å². The van der Waals surface area contributed by atoms with Gasteiger partial charge >= 0.3 is 0 Å². The molecule has 1 heterocycles. The third kappa shape index (κ3) is 1.92. The maximum absolute atomic E-state index is 13.1. The largest absolute Gasteiger partial charge is 0.295 e. The Morgan fingerprint density at radius 1 is 1.27 bits per heavy atom. The Hall–Kier alpha value is -0.110. The molecule has 0 radical (unpaired) electrons. The van der Waals surface area contributed by atoms with Crippen molar-refractivity contribution in [2.24, 2.45) is 5.92 Å². The van der Waals surface area contributed by atoms with Crippen LogP contribution in [0.3, 0.4) is 0 Å². The smallest absolute Gasteiger partial charge is 0.117 e. The zero-order valence-electron chi connectivity index (χ0n) is 7.89. The van der Waals surface area contributed by atoms with Crippen LogP contribution in [0.2, 0.25) is 0 Å². The number of likely N-dealkylation sites (tertiary alicyclic amines) is 1. The van der Waals surface area contributed by atoms with Gasteiger partial charge in [-0.25, -0.2) is 4.39 Å². The van der Waals surface area contributed by atoms with Crippen LogP contribution in [0.25, 0.3) is 0 Å². The van der Waals surface area contributed by atoms with E-state index < -0.39 is 6.17 Å². The molecule has 2 atom stereocenters. The minimum absolute atomic E-state index is 0.134. The summed E-state index contributed by atoms with van der Waals surface area (Å²) in [4.78, 5) is 2.21. The van der Waals surface area contributed by atoms with Gasteiger partial charge in [0.25, 0.3) is 0 Å². The van der Waals surface area contributed by atoms with Gasteiger partial charge in [0.05, 0.1) is 0 Å². The van der Waals surface area contributed by atoms with Gasteiger partial charge in [0.1, 0.15) is 6.17 Å². The van der Waals surface area contributed by atoms with Crippen molar-refractivity contribution in [3.63, 3.8) is 0 Å². The molecule has 2 heteroatoms. The van der Waals surface area contributed by atoms with Gasteiger partial charge in [-0.3, -0.25) is 4.90 Å². The SMILES string of the molecule is C[C@@H]1CN(C(C)(C)C)C[C@@H]1F. The summed E-state index contributed by atoms with van der Waals surface area (Å²) in [5.41, 5.74) is 0.134. The lowest BCUT2D eigenvalue weighted by Crippen LogP contribution is -2.39. The standard InChI is InChI=1S/C9H18FN/c1-7-5-11(6-8(7)10)9(2,3)4/h7-8H,5-6H2,1-4H3/t7-,8+/m1/s1. The van der Waals surface area contributed by atoms with Crippen LogP contribution in [0.4, 0.5) is 4.39 Å². The quantitative estimate of drug-likeness (QED) is 0.523. The molecule has 0 N–H and O–H groups in total. The van der Waals surface area contributed by atoms with Crippen molar-refractivity contribution in [2.75, 3.05) is 13.1 Å². The second-order valence-corrected chi connectivity index (χ2v) is 4.57. The van der Waals surface area contributed by atoms with Crippen LogP contribution in [0, 0.1) is 5.92 Å². The van der Waals surface area contributed by atoms with E-state index in [1.807, 2.05) is 6.92 Å². The van der Waals surface area contributed by atoms with Gasteiger partial charge in [0.2, 0.25) is 0 Å². The van der Waals surface area contributed by atoms with Crippen LogP contribution in [-0.4, -0.2) is 29.7 Å². The Labute approximate surface area is 68.6 Å². The van der Waals surface area contributed by atoms with E-state index in [0.29, 0.717) is 6.54 Å². The summed E-state index contributed by atoms with van der Waals surface area (Å²) in [6.07, 6.45) is -0.616. The number of alkyl halides is 1. The van der Waals surface area contributed by atoms with Crippen molar-refractivity contribution < 1.29 is 4.39 Å². The van der Waals surface area contributed by atoms with Crippen molar-refractivity contribution in [1.29, 1.82) is 0 Å². The van der Waals surface area contributed by atoms with Crippen molar-refractivity contribution in [3.05, 3.63) is 0 Å². The molecule has 1 nitrogen and oxygen atoms in total. The molecule has 0 aromatic carbocycles. The first-order valence-electron chi connectivity index (χ1n) is 4.30. The van der Waals surface area contributed by atoms with Gasteiger partial charge in [0, 0.05) is 24.5 Å². The van der Waals surface area contributed by atoms with E-state index in [1.54, 1.807) is 0 Å². The summed E-state index contributed by atoms with van der Waals surface area (Å²) in [6, 6.07) is 0. The second kappa shape index (κ2) is 2.74. The molecular weight excluding hydrogens is 141 g/mol. The third-order valence-corrected chi connectivity index (χ3v) is 2.47. The van der Waals surface area contributed by atoms with Gasteiger partial charge in [0.15, 0.2) is 0 Å². The lowest BCUT2D eigenvalue weighted by molar-refractivity contribution is 0.160. The molecule has 0 aromatic rings. The highest BCUT2D eigenvalue weighted by molar-refractivity contribution is 4.88. The van der Waals surface area contributed by atoms with Crippen LogP contribution in [-0.2, 0) is 0 Å². The van der Waals surface area contributed by atoms with Crippen LogP contribution in [0.15, 0.2) is 0 Å². The summed E-state index contributed by atoms with van der Waals surface area (Å²) in [5, 5.41) is 0. The van der Waals surface area contributed by atoms with E-state index in [2.05, 4.69) is 25.7 Å². The summed E-state index contributed by atoms with van der Waals surface area (Å²) in [6.45, 7) is 9.92. The van der Waals surface area contributed by atoms with Crippen LogP contribution < -0.4 is 0 Å². The molecule has 1 rings (SSSR count). The molecule has 0 unspecified atom stereocenters. The fourth-order valence-corrected chi connectivity index (χ4v) is 1.47. The average Bonchev–Trinajstić information content (AvgIpc) is 2.11. The summed E-state index contributed by atoms with van der Waals surface area (Å²) >= 11 is 0. The first-order valence-corrected chi connectivity index (χ1v) is 4.30. The number of halogens is 1. The maximum Gasteiger partial charge on any atom is 0.117 e. The number of hydrogen-bond donors (Lipinski definition) is 0. The lowest BCUT2D eigenvalue weighted by Gasteiger charge is -2.31. The molecule has 1 saturated heterocycles. The van der Waals surface area contributed by atoms with E-state index in [-0.39, 0.29) is 11.5 Å². The Morgan fingerprint density at radius 3 is 2.00 bits per heavy atom. The van der Waals surface area contributed by atoms with Gasteiger partial charge < -0.3 is 0 Å². The van der Waals surface area contributed by atoms with Crippen molar-refractivity contribution in [1.82, 2.24) is 4.90 Å². The summed E-state index contributed by atoms with van der Waals surface area (Å²) in [7, 11) is 0. The van der Waals surface area contributed by atoms with Crippen LogP contribution in [0.5, 0.6) is 0 Å². The van der Waals surface area contributed by atoms with Crippen molar-refractivity contribution >= 4 is 0 Å². The van der Waals surface area contributed by atoms with Gasteiger partial charge in [-0.2, -0.15) is 0 Å². The number of rotatable bonds is 0. The van der Waals surface area contributed by atoms with Gasteiger partial charge in [-0.15, -0.1) is 0 Å². The fourth-order valence-electron chi connectivity index (χ4n) is 1.47. The van der Waals surface area contributed by atoms with Crippen LogP contribution >= 0.6 is 0 Å². The normalized spacial score (nSPS) is 34.6. The van der Waals surface area contributed by atoms with Crippen LogP contribution in [0.1, 0.15) is 27.7 Å². The Balaban J connectivity index is 2.54. The molecule has 0 bridgehead atoms. The van der Waals surface area contributed by atoms with Gasteiger partial charge in [-0.1, -0.05) is 6.92 Å². The maximum atomic E-state index is 13.1. The number of nitrogens with zero attached hydrogens (tertiary/aromatic N) is 1. The van der Waals surface area contributed by atoms with Crippen molar-refractivity contribution in [3.8, 4) is 0 Å². The van der Waals surface area contributed by atoms with E-state index in [1.165, 1.54) is 0 Å². The molecule has 0 aromatic heterocycles. The molecule has 1 aliphatic rings. The Kier molecular flexibility index (Phi) is 2.24. The summed E-state index contributed by atoms with van der Waals surface area (Å²) in [5.74, 6) is 0.217. The molecular formula is C9H18FN. The van der Waals surface area contributed by atoms with E-state index in [4.69, 9.17) is 0 Å². The number of hydrogen-bond acceptors (Lipinski definition) is 1. The second-order valence-electron chi connectivity index (χ2n) is 4.57. The zero-order chi connectivity index (χ0) is 8.65. The predicted molar refractivity (Wildman–Crippen MR) is 45.4 cm³/mol. The molecule has 0 amide bonds. The third-order valence-electron chi connectivity index (χ3n) is 2.47. The summed E-state index contributed by atoms with van der Waals surface area (Å²) < 4.78 is 13.1. The topological polar surface area (TPSA) is 3.24 Å². The predicted octanol–water partition coefficient (Wildman–Crippen LogP) is 2.07. The molecule has 0 saturated carbocycles. The Bertz CT molecular complexity index is 129. The highest BCUT2D eigenvalue weighted by Gasteiger charge is 2.34. The Morgan fingerprint density at radius 2 is 1.82 bits per heavy atom. The minimum Gasteiger partial charge on any atom is -0.295 e. The first kappa shape index (κ1) is 8.98. The van der Waals surface area contributed by atoms with E-state index in [0.717, 1.165) is 6.54 Å². The highest BCUT2D eigenvalue weighted by atomic mass is 19.1. The van der Waals surface area contributed by atoms with Gasteiger partial charge in [-0.05, 0) is 20.8 Å². The zero-order valence-corrected chi connectivity index (χ0v) is 7.89. The average molecular weight is 159 g/mol. The monoisotopic (exact) mass is 159 g/mol. The molecule has 0 aliphatic carbocycles. The highest BCUT2D eigenvalue weighted by Crippen LogP contribution is 2.25. The van der Waals surface area contributed by atoms with Crippen molar-refractivity contribution in [2.45, 2.75) is 39.4 Å².